The molecule has 2 rings (SSSR count). The summed E-state index contributed by atoms with van der Waals surface area (Å²) in [6.45, 7) is 5.59. The van der Waals surface area contributed by atoms with E-state index in [9.17, 15) is 18.0 Å². The lowest BCUT2D eigenvalue weighted by Gasteiger charge is -2.11. The Hall–Kier alpha value is -2.10. The number of alkyl halides is 3. The van der Waals surface area contributed by atoms with E-state index >= 15 is 0 Å². The molecule has 0 amide bonds. The van der Waals surface area contributed by atoms with Crippen LogP contribution in [0.2, 0.25) is 0 Å². The quantitative estimate of drug-likeness (QED) is 0.722. The zero-order chi connectivity index (χ0) is 15.8. The molecule has 0 unspecified atom stereocenters. The Morgan fingerprint density at radius 3 is 2.14 bits per heavy atom. The summed E-state index contributed by atoms with van der Waals surface area (Å²) in [7, 11) is 0. The number of benzene rings is 2. The average Bonchev–Trinajstić information content (AvgIpc) is 2.41. The largest absolute Gasteiger partial charge is 0.416 e. The first-order chi connectivity index (χ1) is 9.70. The Bertz CT molecular complexity index is 700. The zero-order valence-corrected chi connectivity index (χ0v) is 12.0. The Morgan fingerprint density at radius 2 is 1.52 bits per heavy atom. The third-order valence-corrected chi connectivity index (χ3v) is 3.54. The fourth-order valence-electron chi connectivity index (χ4n) is 2.20. The topological polar surface area (TPSA) is 17.1 Å². The van der Waals surface area contributed by atoms with Crippen LogP contribution in [-0.4, -0.2) is 5.78 Å². The van der Waals surface area contributed by atoms with Gasteiger partial charge in [0.1, 0.15) is 0 Å². The smallest absolute Gasteiger partial charge is 0.289 e. The normalized spacial score (nSPS) is 11.5. The van der Waals surface area contributed by atoms with Crippen LogP contribution in [0.3, 0.4) is 0 Å². The Morgan fingerprint density at radius 1 is 0.905 bits per heavy atom. The molecule has 21 heavy (non-hydrogen) atoms. The van der Waals surface area contributed by atoms with Crippen molar-refractivity contribution in [2.24, 2.45) is 0 Å². The van der Waals surface area contributed by atoms with Gasteiger partial charge in [0.15, 0.2) is 5.78 Å². The molecular formula is C17H15F3O. The highest BCUT2D eigenvalue weighted by Gasteiger charge is 2.31. The molecule has 2 aromatic carbocycles. The first kappa shape index (κ1) is 15.3. The summed E-state index contributed by atoms with van der Waals surface area (Å²) in [5.41, 5.74) is 2.44. The van der Waals surface area contributed by atoms with Crippen molar-refractivity contribution in [1.82, 2.24) is 0 Å². The third kappa shape index (κ3) is 3.15. The van der Waals surface area contributed by atoms with Gasteiger partial charge in [0.2, 0.25) is 0 Å². The van der Waals surface area contributed by atoms with Crippen LogP contribution in [-0.2, 0) is 6.18 Å². The minimum absolute atomic E-state index is 0.0520. The summed E-state index contributed by atoms with van der Waals surface area (Å²) < 4.78 is 38.2. The van der Waals surface area contributed by atoms with Gasteiger partial charge in [-0.2, -0.15) is 13.2 Å². The number of aryl methyl sites for hydroxylation is 3. The van der Waals surface area contributed by atoms with Gasteiger partial charge in [-0.05, 0) is 55.7 Å². The molecule has 0 bridgehead atoms. The minimum atomic E-state index is -4.45. The predicted molar refractivity (Wildman–Crippen MR) is 75.5 cm³/mol. The molecule has 0 heterocycles. The molecule has 0 N–H and O–H groups in total. The second-order valence-corrected chi connectivity index (χ2v) is 5.16. The minimum Gasteiger partial charge on any atom is -0.289 e. The zero-order valence-electron chi connectivity index (χ0n) is 12.0. The molecule has 0 spiro atoms. The van der Waals surface area contributed by atoms with Crippen LogP contribution in [0, 0.1) is 20.8 Å². The van der Waals surface area contributed by atoms with Crippen LogP contribution < -0.4 is 0 Å². The lowest BCUT2D eigenvalue weighted by Crippen LogP contribution is -2.09. The van der Waals surface area contributed by atoms with Gasteiger partial charge in [0.25, 0.3) is 0 Å². The molecule has 0 saturated carbocycles. The van der Waals surface area contributed by atoms with Gasteiger partial charge in [-0.3, -0.25) is 4.79 Å². The van der Waals surface area contributed by atoms with E-state index in [0.29, 0.717) is 5.56 Å². The van der Waals surface area contributed by atoms with Gasteiger partial charge in [-0.15, -0.1) is 0 Å². The van der Waals surface area contributed by atoms with Crippen molar-refractivity contribution < 1.29 is 18.0 Å². The molecule has 2 aromatic rings. The SMILES string of the molecule is Cc1cc(C)c(C(=O)c2cccc(C(F)(F)F)c2)cc1C. The fourth-order valence-corrected chi connectivity index (χ4v) is 2.20. The second kappa shape index (κ2) is 5.35. The number of carbonyl (C=O) groups is 1. The van der Waals surface area contributed by atoms with Crippen LogP contribution in [0.4, 0.5) is 13.2 Å². The van der Waals surface area contributed by atoms with Gasteiger partial charge in [-0.1, -0.05) is 18.2 Å². The van der Waals surface area contributed by atoms with E-state index in [1.165, 1.54) is 12.1 Å². The Balaban J connectivity index is 2.48. The molecule has 0 aliphatic heterocycles. The van der Waals surface area contributed by atoms with Gasteiger partial charge in [0.05, 0.1) is 5.56 Å². The van der Waals surface area contributed by atoms with Crippen LogP contribution in [0.1, 0.15) is 38.2 Å². The summed E-state index contributed by atoms with van der Waals surface area (Å²) in [5.74, 6) is -0.387. The van der Waals surface area contributed by atoms with Crippen LogP contribution in [0.5, 0.6) is 0 Å². The summed E-state index contributed by atoms with van der Waals surface area (Å²) in [6.07, 6.45) is -4.45. The van der Waals surface area contributed by atoms with E-state index in [-0.39, 0.29) is 11.3 Å². The monoisotopic (exact) mass is 292 g/mol. The molecule has 1 nitrogen and oxygen atoms in total. The molecule has 0 fully saturated rings. The van der Waals surface area contributed by atoms with Crippen molar-refractivity contribution in [3.8, 4) is 0 Å². The molecule has 0 aliphatic rings. The van der Waals surface area contributed by atoms with Gasteiger partial charge in [-0.25, -0.2) is 0 Å². The lowest BCUT2D eigenvalue weighted by molar-refractivity contribution is -0.137. The standard InChI is InChI=1S/C17H15F3O/c1-10-7-12(3)15(8-11(10)2)16(21)13-5-4-6-14(9-13)17(18,19)20/h4-9H,1-3H3. The first-order valence-electron chi connectivity index (χ1n) is 6.50. The van der Waals surface area contributed by atoms with Crippen LogP contribution in [0.15, 0.2) is 36.4 Å². The van der Waals surface area contributed by atoms with Gasteiger partial charge < -0.3 is 0 Å². The maximum absolute atomic E-state index is 12.7. The van der Waals surface area contributed by atoms with Crippen molar-refractivity contribution in [3.63, 3.8) is 0 Å². The fraction of sp³-hybridized carbons (Fsp3) is 0.235. The molecule has 0 saturated heterocycles. The third-order valence-electron chi connectivity index (χ3n) is 3.54. The van der Waals surface area contributed by atoms with E-state index < -0.39 is 11.7 Å². The van der Waals surface area contributed by atoms with Crippen molar-refractivity contribution >= 4 is 5.78 Å². The molecule has 4 heteroatoms. The van der Waals surface area contributed by atoms with Crippen molar-refractivity contribution in [2.45, 2.75) is 26.9 Å². The van der Waals surface area contributed by atoms with E-state index in [1.54, 1.807) is 13.0 Å². The van der Waals surface area contributed by atoms with Crippen molar-refractivity contribution in [2.75, 3.05) is 0 Å². The average molecular weight is 292 g/mol. The summed E-state index contributed by atoms with van der Waals surface area (Å²) in [4.78, 5) is 12.4. The summed E-state index contributed by atoms with van der Waals surface area (Å²) in [5, 5.41) is 0. The van der Waals surface area contributed by atoms with E-state index in [4.69, 9.17) is 0 Å². The number of rotatable bonds is 2. The Kier molecular flexibility index (Phi) is 3.90. The number of ketones is 1. The molecular weight excluding hydrogens is 277 g/mol. The molecule has 0 aromatic heterocycles. The number of carbonyl (C=O) groups excluding carboxylic acids is 1. The van der Waals surface area contributed by atoms with E-state index in [2.05, 4.69) is 0 Å². The highest BCUT2D eigenvalue weighted by atomic mass is 19.4. The number of halogens is 3. The molecule has 0 atom stereocenters. The summed E-state index contributed by atoms with van der Waals surface area (Å²) in [6, 6.07) is 8.13. The first-order valence-corrected chi connectivity index (χ1v) is 6.50. The second-order valence-electron chi connectivity index (χ2n) is 5.16. The summed E-state index contributed by atoms with van der Waals surface area (Å²) >= 11 is 0. The Labute approximate surface area is 121 Å². The molecule has 0 radical (unpaired) electrons. The van der Waals surface area contributed by atoms with Crippen LogP contribution >= 0.6 is 0 Å². The number of hydrogen-bond donors (Lipinski definition) is 0. The van der Waals surface area contributed by atoms with Crippen molar-refractivity contribution in [3.05, 3.63) is 69.8 Å². The highest BCUT2D eigenvalue weighted by Crippen LogP contribution is 2.30. The van der Waals surface area contributed by atoms with E-state index in [0.717, 1.165) is 28.8 Å². The maximum Gasteiger partial charge on any atom is 0.416 e. The maximum atomic E-state index is 12.7. The lowest BCUT2D eigenvalue weighted by atomic mass is 9.94. The van der Waals surface area contributed by atoms with Crippen molar-refractivity contribution in [1.29, 1.82) is 0 Å². The molecule has 0 aliphatic carbocycles. The van der Waals surface area contributed by atoms with E-state index in [1.807, 2.05) is 19.9 Å². The predicted octanol–water partition coefficient (Wildman–Crippen LogP) is 4.86. The number of hydrogen-bond acceptors (Lipinski definition) is 1. The van der Waals surface area contributed by atoms with Crippen LogP contribution in [0.25, 0.3) is 0 Å². The highest BCUT2D eigenvalue weighted by molar-refractivity contribution is 6.10. The molecule has 110 valence electrons. The van der Waals surface area contributed by atoms with Gasteiger partial charge >= 0.3 is 6.18 Å². The van der Waals surface area contributed by atoms with Gasteiger partial charge in [0, 0.05) is 11.1 Å².